The first-order chi connectivity index (χ1) is 20.4. The number of aliphatic hydroxyl groups is 2. The summed E-state index contributed by atoms with van der Waals surface area (Å²) in [4.78, 5) is 13.1. The molecule has 1 saturated heterocycles. The largest absolute Gasteiger partial charge is 0.393 e. The molecule has 4 nitrogen and oxygen atoms in total. The molecule has 2 N–H and O–H groups in total. The van der Waals surface area contributed by atoms with Gasteiger partial charge in [-0.15, -0.1) is 0 Å². The second-order valence-electron chi connectivity index (χ2n) is 14.7. The minimum absolute atomic E-state index is 0.0940. The van der Waals surface area contributed by atoms with Gasteiger partial charge in [0.05, 0.1) is 17.8 Å². The number of aliphatic hydroxyl groups excluding tert-OH is 2. The molecular formula is C40H54O4. The molecule has 2 fully saturated rings. The van der Waals surface area contributed by atoms with Crippen LogP contribution in [0.1, 0.15) is 101 Å². The lowest BCUT2D eigenvalue weighted by molar-refractivity contribution is -0.118. The SMILES string of the molecule is CC(C#CC1=C(C)CC(O)CC1(C)C)=CC=CC(C)=C/C=C/C=C(C)/C=C/C=C(\C)C(=O)CC12OC1(C)CC(O)CC2(C)C. The van der Waals surface area contributed by atoms with Gasteiger partial charge in [-0.3, -0.25) is 4.79 Å². The van der Waals surface area contributed by atoms with Crippen LogP contribution in [0, 0.1) is 22.7 Å². The number of hydrogen-bond acceptors (Lipinski definition) is 4. The van der Waals surface area contributed by atoms with Crippen LogP contribution in [0.3, 0.4) is 0 Å². The van der Waals surface area contributed by atoms with Crippen molar-refractivity contribution in [2.75, 3.05) is 0 Å². The number of fused-ring (bicyclic) bond motifs is 1. The third kappa shape index (κ3) is 8.60. The molecule has 0 spiro atoms. The Bertz CT molecular complexity index is 1420. The van der Waals surface area contributed by atoms with Crippen molar-refractivity contribution in [1.29, 1.82) is 0 Å². The topological polar surface area (TPSA) is 70.1 Å². The number of carbonyl (C=O) groups excluding carboxylic acids is 1. The highest BCUT2D eigenvalue weighted by molar-refractivity contribution is 5.96. The summed E-state index contributed by atoms with van der Waals surface area (Å²) in [6.45, 7) is 20.6. The molecule has 1 heterocycles. The Hall–Kier alpha value is -2.97. The quantitative estimate of drug-likeness (QED) is 0.121. The van der Waals surface area contributed by atoms with E-state index in [1.54, 1.807) is 0 Å². The highest BCUT2D eigenvalue weighted by atomic mass is 16.6. The third-order valence-electron chi connectivity index (χ3n) is 9.54. The van der Waals surface area contributed by atoms with Crippen molar-refractivity contribution >= 4 is 5.78 Å². The molecule has 3 aliphatic rings. The van der Waals surface area contributed by atoms with E-state index in [1.165, 1.54) is 5.57 Å². The second-order valence-corrected chi connectivity index (χ2v) is 14.7. The first-order valence-electron chi connectivity index (χ1n) is 15.9. The van der Waals surface area contributed by atoms with E-state index in [0.717, 1.165) is 28.7 Å². The van der Waals surface area contributed by atoms with Crippen LogP contribution in [0.15, 0.2) is 94.2 Å². The normalized spacial score (nSPS) is 31.0. The van der Waals surface area contributed by atoms with Crippen LogP contribution in [0.2, 0.25) is 0 Å². The smallest absolute Gasteiger partial charge is 0.161 e. The van der Waals surface area contributed by atoms with Crippen LogP contribution in [0.5, 0.6) is 0 Å². The number of rotatable bonds is 9. The molecule has 3 rings (SSSR count). The highest BCUT2D eigenvalue weighted by Gasteiger charge is 2.76. The molecule has 4 unspecified atom stereocenters. The predicted molar refractivity (Wildman–Crippen MR) is 183 cm³/mol. The van der Waals surface area contributed by atoms with E-state index in [0.29, 0.717) is 31.3 Å². The number of allylic oxidation sites excluding steroid dienone is 15. The monoisotopic (exact) mass is 598 g/mol. The van der Waals surface area contributed by atoms with Crippen LogP contribution in [0.4, 0.5) is 0 Å². The fourth-order valence-corrected chi connectivity index (χ4v) is 7.11. The Labute approximate surface area is 266 Å². The van der Waals surface area contributed by atoms with Gasteiger partial charge in [0.1, 0.15) is 5.60 Å². The van der Waals surface area contributed by atoms with Crippen molar-refractivity contribution in [3.05, 3.63) is 94.2 Å². The van der Waals surface area contributed by atoms with Gasteiger partial charge in [-0.2, -0.15) is 0 Å². The van der Waals surface area contributed by atoms with Gasteiger partial charge in [0.15, 0.2) is 5.78 Å². The molecule has 0 amide bonds. The van der Waals surface area contributed by atoms with Crippen molar-refractivity contribution in [1.82, 2.24) is 0 Å². The standard InChI is InChI=1S/C40H54O4/c1-28(17-13-18-30(3)21-22-35-32(5)23-33(41)24-37(35,6)7)15-11-12-16-29(2)19-14-20-31(4)36(43)27-40-38(8,9)25-34(42)26-39(40,10)44-40/h11-20,33-34,41-42H,23-27H2,1-10H3/b12-11+,17-13?,19-14+,28-15?,29-16+,30-18?,31-20+. The summed E-state index contributed by atoms with van der Waals surface area (Å²) in [5.41, 5.74) is 5.00. The van der Waals surface area contributed by atoms with E-state index in [2.05, 4.69) is 65.5 Å². The van der Waals surface area contributed by atoms with Gasteiger partial charge >= 0.3 is 0 Å². The van der Waals surface area contributed by atoms with Crippen molar-refractivity contribution in [2.24, 2.45) is 10.8 Å². The predicted octanol–water partition coefficient (Wildman–Crippen LogP) is 8.61. The molecule has 2 aliphatic carbocycles. The Morgan fingerprint density at radius 1 is 0.841 bits per heavy atom. The number of carbonyl (C=O) groups is 1. The fourth-order valence-electron chi connectivity index (χ4n) is 7.11. The maximum atomic E-state index is 13.1. The Morgan fingerprint density at radius 3 is 2.00 bits per heavy atom. The third-order valence-corrected chi connectivity index (χ3v) is 9.54. The zero-order valence-corrected chi connectivity index (χ0v) is 28.7. The average Bonchev–Trinajstić information content (AvgIpc) is 3.49. The molecule has 1 aliphatic heterocycles. The molecule has 0 aromatic heterocycles. The molecular weight excluding hydrogens is 544 g/mol. The molecule has 4 heteroatoms. The summed E-state index contributed by atoms with van der Waals surface area (Å²) in [7, 11) is 0. The van der Waals surface area contributed by atoms with Crippen LogP contribution in [-0.4, -0.2) is 39.4 Å². The van der Waals surface area contributed by atoms with Gasteiger partial charge in [-0.05, 0) is 77.4 Å². The summed E-state index contributed by atoms with van der Waals surface area (Å²) in [5, 5.41) is 20.3. The summed E-state index contributed by atoms with van der Waals surface area (Å²) in [6.07, 6.45) is 22.4. The molecule has 4 atom stereocenters. The van der Waals surface area contributed by atoms with Crippen molar-refractivity contribution in [3.8, 4) is 11.8 Å². The minimum atomic E-state index is -0.491. The van der Waals surface area contributed by atoms with Crippen LogP contribution in [0.25, 0.3) is 0 Å². The Morgan fingerprint density at radius 2 is 1.43 bits per heavy atom. The first kappa shape index (κ1) is 35.5. The van der Waals surface area contributed by atoms with Gasteiger partial charge in [-0.25, -0.2) is 0 Å². The van der Waals surface area contributed by atoms with Gasteiger partial charge in [-0.1, -0.05) is 117 Å². The van der Waals surface area contributed by atoms with Crippen LogP contribution < -0.4 is 0 Å². The second kappa shape index (κ2) is 14.0. The first-order valence-corrected chi connectivity index (χ1v) is 15.9. The molecule has 238 valence electrons. The highest BCUT2D eigenvalue weighted by Crippen LogP contribution is 2.67. The van der Waals surface area contributed by atoms with Gasteiger partial charge in [0, 0.05) is 23.8 Å². The molecule has 1 saturated carbocycles. The van der Waals surface area contributed by atoms with Crippen LogP contribution >= 0.6 is 0 Å². The van der Waals surface area contributed by atoms with Crippen molar-refractivity contribution in [2.45, 2.75) is 125 Å². The number of ketones is 1. The number of ether oxygens (including phenoxy) is 1. The molecule has 0 bridgehead atoms. The zero-order valence-electron chi connectivity index (χ0n) is 28.7. The maximum absolute atomic E-state index is 13.1. The van der Waals surface area contributed by atoms with Crippen LogP contribution in [-0.2, 0) is 9.53 Å². The molecule has 0 radical (unpaired) electrons. The number of epoxide rings is 1. The van der Waals surface area contributed by atoms with Gasteiger partial charge in [0.25, 0.3) is 0 Å². The summed E-state index contributed by atoms with van der Waals surface area (Å²) >= 11 is 0. The summed E-state index contributed by atoms with van der Waals surface area (Å²) in [6, 6.07) is 0. The lowest BCUT2D eigenvalue weighted by Gasteiger charge is -2.40. The summed E-state index contributed by atoms with van der Waals surface area (Å²) < 4.78 is 6.18. The van der Waals surface area contributed by atoms with E-state index in [9.17, 15) is 15.0 Å². The minimum Gasteiger partial charge on any atom is -0.393 e. The van der Waals surface area contributed by atoms with Crippen molar-refractivity contribution in [3.63, 3.8) is 0 Å². The summed E-state index contributed by atoms with van der Waals surface area (Å²) in [5.74, 6) is 6.75. The Kier molecular flexibility index (Phi) is 11.3. The molecule has 0 aromatic carbocycles. The van der Waals surface area contributed by atoms with Crippen molar-refractivity contribution < 1.29 is 19.7 Å². The van der Waals surface area contributed by atoms with Gasteiger partial charge < -0.3 is 14.9 Å². The molecule has 44 heavy (non-hydrogen) atoms. The lowest BCUT2D eigenvalue weighted by Crippen LogP contribution is -2.48. The number of hydrogen-bond donors (Lipinski definition) is 2. The zero-order chi connectivity index (χ0) is 32.9. The lowest BCUT2D eigenvalue weighted by atomic mass is 9.61. The molecule has 0 aromatic rings. The number of Topliss-reactive ketones (excluding diaryl/α,β-unsaturated/α-hetero) is 1. The fraction of sp³-hybridized carbons (Fsp3) is 0.525. The van der Waals surface area contributed by atoms with E-state index in [4.69, 9.17) is 4.74 Å². The van der Waals surface area contributed by atoms with E-state index < -0.39 is 11.2 Å². The maximum Gasteiger partial charge on any atom is 0.161 e. The van der Waals surface area contributed by atoms with E-state index in [-0.39, 0.29) is 28.8 Å². The van der Waals surface area contributed by atoms with E-state index >= 15 is 0 Å². The average molecular weight is 599 g/mol. The van der Waals surface area contributed by atoms with E-state index in [1.807, 2.05) is 76.3 Å². The van der Waals surface area contributed by atoms with Gasteiger partial charge in [0.2, 0.25) is 0 Å². The Balaban J connectivity index is 1.51.